The molecule has 2 saturated heterocycles. The van der Waals surface area contributed by atoms with Gasteiger partial charge in [0, 0.05) is 42.0 Å². The van der Waals surface area contributed by atoms with E-state index < -0.39 is 17.5 Å². The van der Waals surface area contributed by atoms with E-state index in [9.17, 15) is 19.7 Å². The lowest BCUT2D eigenvalue weighted by atomic mass is 10.1. The zero-order valence-corrected chi connectivity index (χ0v) is 18.0. The predicted octanol–water partition coefficient (Wildman–Crippen LogP) is 2.26. The number of carbonyl (C=O) groups is 2. The molecule has 1 aromatic heterocycles. The summed E-state index contributed by atoms with van der Waals surface area (Å²) in [4.78, 5) is 47.5. The molecule has 1 aromatic carbocycles. The van der Waals surface area contributed by atoms with Gasteiger partial charge in [-0.25, -0.2) is 0 Å². The molecule has 2 aliphatic rings. The summed E-state index contributed by atoms with van der Waals surface area (Å²) in [5, 5.41) is 15.3. The first-order valence-corrected chi connectivity index (χ1v) is 11.1. The monoisotopic (exact) mass is 440 g/mol. The Bertz CT molecular complexity index is 1030. The number of nitrogens with zero attached hydrogens (tertiary/aromatic N) is 4. The summed E-state index contributed by atoms with van der Waals surface area (Å²) < 4.78 is 0. The molecule has 0 aliphatic carbocycles. The molecule has 0 bridgehead atoms. The van der Waals surface area contributed by atoms with Crippen LogP contribution in [0.4, 0.5) is 5.69 Å². The number of aliphatic imine (C=N–C) groups is 1. The standard InChI is InChI=1S/C22H28N6O4/c29-21(26-10-3-4-11-26)15-27-12-2-1-5-18(22(27)30)25-20(14-28(31)32)24-17-7-6-16-8-9-23-19(16)13-17/h6-9,13,18,23H,1-5,10-12,14-15H2,(H,24,25)/t18-/m0/s1. The smallest absolute Gasteiger partial charge is 0.260 e. The van der Waals surface area contributed by atoms with Gasteiger partial charge >= 0.3 is 0 Å². The molecule has 4 rings (SSSR count). The fourth-order valence-corrected chi connectivity index (χ4v) is 4.31. The van der Waals surface area contributed by atoms with Crippen LogP contribution in [0.1, 0.15) is 32.1 Å². The highest BCUT2D eigenvalue weighted by Crippen LogP contribution is 2.20. The lowest BCUT2D eigenvalue weighted by Gasteiger charge is -2.25. The number of H-pyrrole nitrogens is 1. The Morgan fingerprint density at radius 1 is 1.19 bits per heavy atom. The zero-order chi connectivity index (χ0) is 22.5. The van der Waals surface area contributed by atoms with Crippen molar-refractivity contribution in [2.24, 2.45) is 4.99 Å². The Labute approximate surface area is 185 Å². The quantitative estimate of drug-likeness (QED) is 0.309. The summed E-state index contributed by atoms with van der Waals surface area (Å²) in [6.07, 6.45) is 5.88. The van der Waals surface area contributed by atoms with Gasteiger partial charge in [-0.2, -0.15) is 0 Å². The highest BCUT2D eigenvalue weighted by atomic mass is 16.6. The third kappa shape index (κ3) is 5.24. The molecule has 32 heavy (non-hydrogen) atoms. The molecule has 0 spiro atoms. The highest BCUT2D eigenvalue weighted by molar-refractivity contribution is 6.00. The topological polar surface area (TPSA) is 124 Å². The van der Waals surface area contributed by atoms with E-state index in [1.165, 1.54) is 0 Å². The van der Waals surface area contributed by atoms with Gasteiger partial charge in [-0.15, -0.1) is 0 Å². The van der Waals surface area contributed by atoms with Gasteiger partial charge < -0.3 is 20.1 Å². The second-order valence-electron chi connectivity index (χ2n) is 8.33. The largest absolute Gasteiger partial charge is 0.361 e. The van der Waals surface area contributed by atoms with Gasteiger partial charge in [-0.3, -0.25) is 24.7 Å². The van der Waals surface area contributed by atoms with Gasteiger partial charge in [0.25, 0.3) is 6.54 Å². The molecular weight excluding hydrogens is 412 g/mol. The van der Waals surface area contributed by atoms with Crippen molar-refractivity contribution in [1.29, 1.82) is 0 Å². The van der Waals surface area contributed by atoms with Crippen molar-refractivity contribution in [1.82, 2.24) is 14.8 Å². The van der Waals surface area contributed by atoms with Crippen LogP contribution in [-0.2, 0) is 9.59 Å². The summed E-state index contributed by atoms with van der Waals surface area (Å²) in [5.41, 5.74) is 1.55. The minimum absolute atomic E-state index is 0.0385. The lowest BCUT2D eigenvalue weighted by Crippen LogP contribution is -2.45. The van der Waals surface area contributed by atoms with Crippen molar-refractivity contribution in [3.05, 3.63) is 40.6 Å². The molecule has 2 aliphatic heterocycles. The fourth-order valence-electron chi connectivity index (χ4n) is 4.31. The molecule has 170 valence electrons. The normalized spacial score (nSPS) is 19.9. The van der Waals surface area contributed by atoms with Gasteiger partial charge in [0.2, 0.25) is 11.8 Å². The number of carbonyl (C=O) groups excluding carboxylic acids is 2. The lowest BCUT2D eigenvalue weighted by molar-refractivity contribution is -0.463. The number of aromatic nitrogens is 1. The van der Waals surface area contributed by atoms with E-state index in [0.717, 1.165) is 49.7 Å². The molecule has 0 saturated carbocycles. The number of hydrogen-bond acceptors (Lipinski definition) is 5. The van der Waals surface area contributed by atoms with Gasteiger partial charge in [0.05, 0.1) is 6.54 Å². The van der Waals surface area contributed by atoms with Crippen molar-refractivity contribution < 1.29 is 14.5 Å². The van der Waals surface area contributed by atoms with Crippen LogP contribution >= 0.6 is 0 Å². The number of nitrogens with one attached hydrogen (secondary N) is 2. The molecule has 1 atom stereocenters. The number of amidine groups is 1. The van der Waals surface area contributed by atoms with Crippen molar-refractivity contribution in [2.75, 3.05) is 38.0 Å². The molecule has 2 N–H and O–H groups in total. The second kappa shape index (κ2) is 9.80. The first kappa shape index (κ1) is 21.8. The van der Waals surface area contributed by atoms with E-state index in [0.29, 0.717) is 18.7 Å². The van der Waals surface area contributed by atoms with Crippen LogP contribution in [0.2, 0.25) is 0 Å². The minimum atomic E-state index is -0.736. The fraction of sp³-hybridized carbons (Fsp3) is 0.500. The zero-order valence-electron chi connectivity index (χ0n) is 18.0. The van der Waals surface area contributed by atoms with Crippen molar-refractivity contribution in [3.8, 4) is 0 Å². The number of rotatable bonds is 6. The maximum atomic E-state index is 13.2. The molecule has 0 unspecified atom stereocenters. The Hall–Kier alpha value is -3.43. The van der Waals surface area contributed by atoms with E-state index in [2.05, 4.69) is 15.3 Å². The number of hydrogen-bond donors (Lipinski definition) is 2. The van der Waals surface area contributed by atoms with Gasteiger partial charge in [0.1, 0.15) is 6.04 Å². The summed E-state index contributed by atoms with van der Waals surface area (Å²) in [7, 11) is 0. The third-order valence-corrected chi connectivity index (χ3v) is 5.97. The van der Waals surface area contributed by atoms with Crippen LogP contribution < -0.4 is 5.32 Å². The molecule has 2 aromatic rings. The maximum absolute atomic E-state index is 13.2. The number of amides is 2. The summed E-state index contributed by atoms with van der Waals surface area (Å²) >= 11 is 0. The van der Waals surface area contributed by atoms with Crippen LogP contribution in [0.15, 0.2) is 35.5 Å². The summed E-state index contributed by atoms with van der Waals surface area (Å²) in [6.45, 7) is 1.52. The average Bonchev–Trinajstić information content (AvgIpc) is 3.42. The number of fused-ring (bicyclic) bond motifs is 1. The van der Waals surface area contributed by atoms with E-state index in [-0.39, 0.29) is 24.2 Å². The van der Waals surface area contributed by atoms with Crippen LogP contribution in [0, 0.1) is 10.1 Å². The number of nitro groups is 1. The molecule has 10 nitrogen and oxygen atoms in total. The molecule has 0 radical (unpaired) electrons. The van der Waals surface area contributed by atoms with Gasteiger partial charge in [-0.05, 0) is 55.7 Å². The third-order valence-electron chi connectivity index (χ3n) is 5.97. The van der Waals surface area contributed by atoms with Crippen LogP contribution in [0.5, 0.6) is 0 Å². The summed E-state index contributed by atoms with van der Waals surface area (Å²) in [5.74, 6) is -0.145. The Balaban J connectivity index is 1.51. The van der Waals surface area contributed by atoms with Gasteiger partial charge in [-0.1, -0.05) is 6.07 Å². The molecule has 3 heterocycles. The van der Waals surface area contributed by atoms with Crippen molar-refractivity contribution in [3.63, 3.8) is 0 Å². The van der Waals surface area contributed by atoms with E-state index >= 15 is 0 Å². The van der Waals surface area contributed by atoms with Crippen molar-refractivity contribution in [2.45, 2.75) is 38.1 Å². The molecule has 2 fully saturated rings. The van der Waals surface area contributed by atoms with E-state index in [1.54, 1.807) is 9.80 Å². The SMILES string of the molecule is O=C(CN1CCCC[C@H](N=C(C[N+](=O)[O-])Nc2ccc3cc[nH]c3c2)C1=O)N1CCCC1. The van der Waals surface area contributed by atoms with E-state index in [4.69, 9.17) is 0 Å². The first-order valence-electron chi connectivity index (χ1n) is 11.1. The second-order valence-corrected chi connectivity index (χ2v) is 8.33. The molecular formula is C22H28N6O4. The highest BCUT2D eigenvalue weighted by Gasteiger charge is 2.30. The van der Waals surface area contributed by atoms with Gasteiger partial charge in [0.15, 0.2) is 5.84 Å². The first-order chi connectivity index (χ1) is 15.5. The average molecular weight is 441 g/mol. The van der Waals surface area contributed by atoms with Crippen LogP contribution in [0.25, 0.3) is 10.9 Å². The summed E-state index contributed by atoms with van der Waals surface area (Å²) in [6, 6.07) is 6.77. The molecule has 10 heteroatoms. The van der Waals surface area contributed by atoms with E-state index in [1.807, 2.05) is 30.5 Å². The number of benzene rings is 1. The number of aromatic amines is 1. The number of likely N-dealkylation sites (tertiary alicyclic amines) is 2. The Morgan fingerprint density at radius 2 is 1.97 bits per heavy atom. The number of anilines is 1. The Morgan fingerprint density at radius 3 is 2.75 bits per heavy atom. The maximum Gasteiger partial charge on any atom is 0.260 e. The van der Waals surface area contributed by atoms with Crippen LogP contribution in [0.3, 0.4) is 0 Å². The van der Waals surface area contributed by atoms with Crippen molar-refractivity contribution >= 4 is 34.2 Å². The minimum Gasteiger partial charge on any atom is -0.361 e. The van der Waals surface area contributed by atoms with Crippen LogP contribution in [-0.4, -0.2) is 76.1 Å². The Kier molecular flexibility index (Phi) is 6.67. The predicted molar refractivity (Wildman–Crippen MR) is 121 cm³/mol. The molecule has 2 amide bonds.